The zero-order valence-corrected chi connectivity index (χ0v) is 14.8. The normalized spacial score (nSPS) is 16.5. The van der Waals surface area contributed by atoms with Gasteiger partial charge in [0.15, 0.2) is 0 Å². The van der Waals surface area contributed by atoms with E-state index in [4.69, 9.17) is 18.9 Å². The number of methoxy groups -OCH3 is 2. The number of hydrogen-bond donors (Lipinski definition) is 1. The molecule has 0 radical (unpaired) electrons. The summed E-state index contributed by atoms with van der Waals surface area (Å²) in [5.41, 5.74) is 2.06. The van der Waals surface area contributed by atoms with Crippen LogP contribution in [0, 0.1) is 0 Å². The minimum absolute atomic E-state index is 0.238. The van der Waals surface area contributed by atoms with Crippen molar-refractivity contribution in [2.45, 2.75) is 25.5 Å². The maximum atomic E-state index is 5.79. The van der Waals surface area contributed by atoms with Gasteiger partial charge >= 0.3 is 0 Å². The average Bonchev–Trinajstić information content (AvgIpc) is 3.19. The number of anilines is 1. The predicted molar refractivity (Wildman–Crippen MR) is 97.8 cm³/mol. The maximum Gasteiger partial charge on any atom is 0.142 e. The number of ether oxygens (including phenoxy) is 4. The topological polar surface area (TPSA) is 49.0 Å². The molecule has 25 heavy (non-hydrogen) atoms. The summed E-state index contributed by atoms with van der Waals surface area (Å²) in [6.07, 6.45) is 2.46. The minimum atomic E-state index is 0.238. The van der Waals surface area contributed by atoms with Gasteiger partial charge < -0.3 is 24.3 Å². The number of hydrogen-bond acceptors (Lipinski definition) is 5. The van der Waals surface area contributed by atoms with Crippen LogP contribution >= 0.6 is 0 Å². The molecule has 134 valence electrons. The Morgan fingerprint density at radius 2 is 1.84 bits per heavy atom. The van der Waals surface area contributed by atoms with Crippen LogP contribution in [-0.4, -0.2) is 33.5 Å². The Kier molecular flexibility index (Phi) is 6.01. The van der Waals surface area contributed by atoms with Crippen LogP contribution in [0.15, 0.2) is 42.5 Å². The van der Waals surface area contributed by atoms with Crippen molar-refractivity contribution in [1.29, 1.82) is 0 Å². The van der Waals surface area contributed by atoms with Crippen LogP contribution in [-0.2, 0) is 11.3 Å². The van der Waals surface area contributed by atoms with Gasteiger partial charge in [0.1, 0.15) is 23.9 Å². The highest BCUT2D eigenvalue weighted by Crippen LogP contribution is 2.29. The fourth-order valence-corrected chi connectivity index (χ4v) is 2.82. The van der Waals surface area contributed by atoms with Gasteiger partial charge in [0, 0.05) is 19.2 Å². The summed E-state index contributed by atoms with van der Waals surface area (Å²) in [7, 11) is 3.31. The lowest BCUT2D eigenvalue weighted by Crippen LogP contribution is -2.16. The van der Waals surface area contributed by atoms with Gasteiger partial charge in [0.2, 0.25) is 0 Å². The molecule has 1 heterocycles. The summed E-state index contributed by atoms with van der Waals surface area (Å²) >= 11 is 0. The molecule has 0 aromatic heterocycles. The lowest BCUT2D eigenvalue weighted by atomic mass is 10.2. The van der Waals surface area contributed by atoms with E-state index in [0.29, 0.717) is 13.2 Å². The molecular weight excluding hydrogens is 318 g/mol. The van der Waals surface area contributed by atoms with Crippen molar-refractivity contribution < 1.29 is 18.9 Å². The molecule has 0 aliphatic carbocycles. The van der Waals surface area contributed by atoms with Crippen LogP contribution in [0.25, 0.3) is 0 Å². The number of rotatable bonds is 8. The minimum Gasteiger partial charge on any atom is -0.497 e. The van der Waals surface area contributed by atoms with Gasteiger partial charge in [-0.25, -0.2) is 0 Å². The van der Waals surface area contributed by atoms with Gasteiger partial charge in [-0.3, -0.25) is 0 Å². The van der Waals surface area contributed by atoms with E-state index in [1.807, 2.05) is 30.3 Å². The van der Waals surface area contributed by atoms with E-state index in [0.717, 1.165) is 47.9 Å². The van der Waals surface area contributed by atoms with Crippen LogP contribution in [0.1, 0.15) is 18.4 Å². The Hall–Kier alpha value is -2.40. The maximum absolute atomic E-state index is 5.79. The average molecular weight is 343 g/mol. The predicted octanol–water partition coefficient (Wildman–Crippen LogP) is 3.87. The van der Waals surface area contributed by atoms with Crippen LogP contribution < -0.4 is 19.5 Å². The van der Waals surface area contributed by atoms with Crippen LogP contribution in [0.5, 0.6) is 17.2 Å². The Bertz CT molecular complexity index is 666. The first-order chi connectivity index (χ1) is 12.3. The largest absolute Gasteiger partial charge is 0.497 e. The van der Waals surface area contributed by atoms with Crippen LogP contribution in [0.4, 0.5) is 5.69 Å². The first-order valence-electron chi connectivity index (χ1n) is 8.57. The number of nitrogens with one attached hydrogen (secondary N) is 1. The third kappa shape index (κ3) is 4.79. The van der Waals surface area contributed by atoms with Gasteiger partial charge in [-0.2, -0.15) is 0 Å². The fourth-order valence-electron chi connectivity index (χ4n) is 2.82. The molecule has 0 bridgehead atoms. The summed E-state index contributed by atoms with van der Waals surface area (Å²) in [5.74, 6) is 2.46. The molecule has 1 N–H and O–H groups in total. The molecule has 1 fully saturated rings. The van der Waals surface area contributed by atoms with Crippen molar-refractivity contribution in [1.82, 2.24) is 0 Å². The van der Waals surface area contributed by atoms with Crippen molar-refractivity contribution in [2.24, 2.45) is 0 Å². The van der Waals surface area contributed by atoms with Gasteiger partial charge in [0.25, 0.3) is 0 Å². The Labute approximate surface area is 148 Å². The van der Waals surface area contributed by atoms with Crippen molar-refractivity contribution in [3.8, 4) is 17.2 Å². The quantitative estimate of drug-likeness (QED) is 0.788. The van der Waals surface area contributed by atoms with Gasteiger partial charge in [-0.1, -0.05) is 12.1 Å². The standard InChI is InChI=1S/C20H25NO4/c1-22-17-9-10-20(23-2)19(12-17)21-13-15-5-7-16(8-6-15)25-14-18-4-3-11-24-18/h5-10,12,18,21H,3-4,11,13-14H2,1-2H3. The van der Waals surface area contributed by atoms with E-state index in [2.05, 4.69) is 17.4 Å². The molecule has 5 heteroatoms. The fraction of sp³-hybridized carbons (Fsp3) is 0.400. The highest BCUT2D eigenvalue weighted by Gasteiger charge is 2.15. The summed E-state index contributed by atoms with van der Waals surface area (Å²) in [4.78, 5) is 0. The van der Waals surface area contributed by atoms with Crippen molar-refractivity contribution >= 4 is 5.69 Å². The highest BCUT2D eigenvalue weighted by molar-refractivity contribution is 5.60. The SMILES string of the molecule is COc1ccc(OC)c(NCc2ccc(OCC3CCCO3)cc2)c1. The summed E-state index contributed by atoms with van der Waals surface area (Å²) in [6, 6.07) is 13.8. The summed E-state index contributed by atoms with van der Waals surface area (Å²) < 4.78 is 22.0. The van der Waals surface area contributed by atoms with E-state index in [1.165, 1.54) is 0 Å². The van der Waals surface area contributed by atoms with E-state index in [-0.39, 0.29) is 6.10 Å². The van der Waals surface area contributed by atoms with E-state index in [9.17, 15) is 0 Å². The Morgan fingerprint density at radius 3 is 2.52 bits per heavy atom. The summed E-state index contributed by atoms with van der Waals surface area (Å²) in [6.45, 7) is 2.17. The molecule has 1 unspecified atom stereocenters. The summed E-state index contributed by atoms with van der Waals surface area (Å²) in [5, 5.41) is 3.39. The molecule has 0 spiro atoms. The zero-order valence-electron chi connectivity index (χ0n) is 14.8. The van der Waals surface area contributed by atoms with Crippen molar-refractivity contribution in [3.05, 3.63) is 48.0 Å². The molecule has 1 atom stereocenters. The van der Waals surface area contributed by atoms with E-state index < -0.39 is 0 Å². The van der Waals surface area contributed by atoms with Gasteiger partial charge in [-0.15, -0.1) is 0 Å². The Balaban J connectivity index is 1.54. The smallest absolute Gasteiger partial charge is 0.142 e. The molecule has 1 aliphatic rings. The molecule has 1 aliphatic heterocycles. The zero-order chi connectivity index (χ0) is 17.5. The number of benzene rings is 2. The van der Waals surface area contributed by atoms with E-state index in [1.54, 1.807) is 14.2 Å². The lowest BCUT2D eigenvalue weighted by molar-refractivity contribution is 0.0679. The molecule has 2 aromatic carbocycles. The van der Waals surface area contributed by atoms with Crippen molar-refractivity contribution in [2.75, 3.05) is 32.8 Å². The van der Waals surface area contributed by atoms with Crippen molar-refractivity contribution in [3.63, 3.8) is 0 Å². The first kappa shape index (κ1) is 17.4. The van der Waals surface area contributed by atoms with E-state index >= 15 is 0 Å². The second-order valence-electron chi connectivity index (χ2n) is 6.01. The van der Waals surface area contributed by atoms with Crippen LogP contribution in [0.3, 0.4) is 0 Å². The molecule has 3 rings (SSSR count). The first-order valence-corrected chi connectivity index (χ1v) is 8.57. The molecule has 1 saturated heterocycles. The molecular formula is C20H25NO4. The Morgan fingerprint density at radius 1 is 1.04 bits per heavy atom. The lowest BCUT2D eigenvalue weighted by Gasteiger charge is -2.14. The van der Waals surface area contributed by atoms with Gasteiger partial charge in [-0.05, 0) is 42.7 Å². The molecule has 0 amide bonds. The second kappa shape index (κ2) is 8.62. The second-order valence-corrected chi connectivity index (χ2v) is 6.01. The monoisotopic (exact) mass is 343 g/mol. The van der Waals surface area contributed by atoms with Gasteiger partial charge in [0.05, 0.1) is 26.0 Å². The third-order valence-corrected chi connectivity index (χ3v) is 4.27. The van der Waals surface area contributed by atoms with Crippen LogP contribution in [0.2, 0.25) is 0 Å². The highest BCUT2D eigenvalue weighted by atomic mass is 16.5. The molecule has 5 nitrogen and oxygen atoms in total. The third-order valence-electron chi connectivity index (χ3n) is 4.27. The molecule has 2 aromatic rings. The molecule has 0 saturated carbocycles.